The van der Waals surface area contributed by atoms with Crippen LogP contribution >= 0.6 is 0 Å². The number of hydrogen-bond donors (Lipinski definition) is 2. The molecule has 1 unspecified atom stereocenters. The monoisotopic (exact) mass is 332 g/mol. The Hall–Kier alpha value is -2.14. The third-order valence-corrected chi connectivity index (χ3v) is 3.76. The van der Waals surface area contributed by atoms with E-state index < -0.39 is 0 Å². The second kappa shape index (κ2) is 8.64. The lowest BCUT2D eigenvalue weighted by Gasteiger charge is -2.32. The molecule has 1 aromatic rings. The van der Waals surface area contributed by atoms with Crippen molar-refractivity contribution >= 4 is 17.5 Å². The number of carbonyl (C=O) groups excluding carboxylic acids is 2. The number of rotatable bonds is 7. The van der Waals surface area contributed by atoms with E-state index in [0.29, 0.717) is 5.69 Å². The molecule has 132 valence electrons. The van der Waals surface area contributed by atoms with E-state index in [4.69, 9.17) is 0 Å². The van der Waals surface area contributed by atoms with Gasteiger partial charge in [0.25, 0.3) is 0 Å². The van der Waals surface area contributed by atoms with Gasteiger partial charge in [-0.15, -0.1) is 0 Å². The normalized spacial score (nSPS) is 12.4. The number of anilines is 1. The molecule has 0 aliphatic rings. The van der Waals surface area contributed by atoms with Crippen molar-refractivity contribution in [3.05, 3.63) is 42.5 Å². The molecular formula is C19H28N2O3. The first kappa shape index (κ1) is 19.9. The zero-order valence-electron chi connectivity index (χ0n) is 15.0. The maximum absolute atomic E-state index is 12.4. The van der Waals surface area contributed by atoms with Gasteiger partial charge in [0.2, 0.25) is 11.8 Å². The Bertz CT molecular complexity index is 573. The first-order valence-electron chi connectivity index (χ1n) is 8.05. The quantitative estimate of drug-likeness (QED) is 0.754. The van der Waals surface area contributed by atoms with Gasteiger partial charge in [-0.25, -0.2) is 0 Å². The summed E-state index contributed by atoms with van der Waals surface area (Å²) in [5.74, 6) is -0.312. The second-order valence-corrected chi connectivity index (χ2v) is 7.17. The molecular weight excluding hydrogens is 304 g/mol. The van der Waals surface area contributed by atoms with Gasteiger partial charge in [-0.2, -0.15) is 0 Å². The summed E-state index contributed by atoms with van der Waals surface area (Å²) in [6.45, 7) is 9.61. The van der Waals surface area contributed by atoms with Crippen molar-refractivity contribution in [1.82, 2.24) is 4.90 Å². The van der Waals surface area contributed by atoms with E-state index in [0.717, 1.165) is 12.0 Å². The maximum atomic E-state index is 12.4. The van der Waals surface area contributed by atoms with Gasteiger partial charge in [0.15, 0.2) is 0 Å². The molecule has 0 bridgehead atoms. The Balaban J connectivity index is 2.69. The van der Waals surface area contributed by atoms with E-state index >= 15 is 0 Å². The van der Waals surface area contributed by atoms with E-state index in [1.54, 1.807) is 24.1 Å². The van der Waals surface area contributed by atoms with Crippen LogP contribution in [0.2, 0.25) is 0 Å². The third kappa shape index (κ3) is 6.54. The Kier molecular flexibility index (Phi) is 7.17. The minimum absolute atomic E-state index is 0.0347. The maximum Gasteiger partial charge on any atom is 0.247 e. The number of aliphatic hydroxyl groups is 1. The summed E-state index contributed by atoms with van der Waals surface area (Å²) < 4.78 is 0. The lowest BCUT2D eigenvalue weighted by Crippen LogP contribution is -2.42. The summed E-state index contributed by atoms with van der Waals surface area (Å²) in [7, 11) is 1.73. The highest BCUT2D eigenvalue weighted by Crippen LogP contribution is 2.23. The standard InChI is InChI=1S/C19H28N2O3/c1-6-17(23)20-15-9-7-14(8-10-15)11-18(24)21(5)16(13-22)12-19(2,3)4/h6-10,16,22H,1,11-13H2,2-5H3,(H,20,23). The highest BCUT2D eigenvalue weighted by atomic mass is 16.3. The summed E-state index contributed by atoms with van der Waals surface area (Å²) in [5, 5.41) is 12.2. The summed E-state index contributed by atoms with van der Waals surface area (Å²) in [4.78, 5) is 25.3. The van der Waals surface area contributed by atoms with Gasteiger partial charge >= 0.3 is 0 Å². The van der Waals surface area contributed by atoms with E-state index in [1.165, 1.54) is 6.08 Å². The largest absolute Gasteiger partial charge is 0.394 e. The molecule has 0 spiro atoms. The summed E-state index contributed by atoms with van der Waals surface area (Å²) in [6, 6.07) is 6.93. The van der Waals surface area contributed by atoms with Crippen molar-refractivity contribution in [1.29, 1.82) is 0 Å². The lowest BCUT2D eigenvalue weighted by atomic mass is 9.87. The molecule has 0 aliphatic carbocycles. The van der Waals surface area contributed by atoms with Crippen LogP contribution in [0.25, 0.3) is 0 Å². The molecule has 24 heavy (non-hydrogen) atoms. The van der Waals surface area contributed by atoms with Gasteiger partial charge in [0, 0.05) is 12.7 Å². The van der Waals surface area contributed by atoms with E-state index in [2.05, 4.69) is 32.7 Å². The molecule has 1 rings (SSSR count). The number of amides is 2. The van der Waals surface area contributed by atoms with Crippen LogP contribution in [0.4, 0.5) is 5.69 Å². The predicted octanol–water partition coefficient (Wildman–Crippen LogP) is 2.61. The fourth-order valence-electron chi connectivity index (χ4n) is 2.43. The molecule has 0 radical (unpaired) electrons. The van der Waals surface area contributed by atoms with Crippen LogP contribution in [0, 0.1) is 5.41 Å². The highest BCUT2D eigenvalue weighted by Gasteiger charge is 2.24. The fraction of sp³-hybridized carbons (Fsp3) is 0.474. The predicted molar refractivity (Wildman–Crippen MR) is 96.7 cm³/mol. The molecule has 0 aliphatic heterocycles. The number of hydrogen-bond acceptors (Lipinski definition) is 3. The van der Waals surface area contributed by atoms with Crippen molar-refractivity contribution in [2.24, 2.45) is 5.41 Å². The topological polar surface area (TPSA) is 69.6 Å². The number of aliphatic hydroxyl groups excluding tert-OH is 1. The molecule has 2 N–H and O–H groups in total. The molecule has 2 amide bonds. The molecule has 5 heteroatoms. The minimum Gasteiger partial charge on any atom is -0.394 e. The van der Waals surface area contributed by atoms with Crippen LogP contribution in [0.15, 0.2) is 36.9 Å². The zero-order chi connectivity index (χ0) is 18.3. The number of nitrogens with one attached hydrogen (secondary N) is 1. The van der Waals surface area contributed by atoms with Crippen LogP contribution in [0.1, 0.15) is 32.8 Å². The Labute approximate surface area is 144 Å². The van der Waals surface area contributed by atoms with Crippen molar-refractivity contribution in [3.63, 3.8) is 0 Å². The minimum atomic E-state index is -0.272. The number of benzene rings is 1. The van der Waals surface area contributed by atoms with Gasteiger partial charge in [-0.3, -0.25) is 9.59 Å². The van der Waals surface area contributed by atoms with Crippen molar-refractivity contribution in [2.45, 2.75) is 39.7 Å². The molecule has 5 nitrogen and oxygen atoms in total. The first-order valence-corrected chi connectivity index (χ1v) is 8.05. The van der Waals surface area contributed by atoms with E-state index in [9.17, 15) is 14.7 Å². The lowest BCUT2D eigenvalue weighted by molar-refractivity contribution is -0.132. The summed E-state index contributed by atoms with van der Waals surface area (Å²) in [5.41, 5.74) is 1.55. The van der Waals surface area contributed by atoms with Crippen LogP contribution in [0.5, 0.6) is 0 Å². The molecule has 0 aromatic heterocycles. The number of likely N-dealkylation sites (N-methyl/N-ethyl adjacent to an activating group) is 1. The molecule has 0 fully saturated rings. The third-order valence-electron chi connectivity index (χ3n) is 3.76. The van der Waals surface area contributed by atoms with Crippen LogP contribution < -0.4 is 5.32 Å². The molecule has 0 saturated heterocycles. The zero-order valence-corrected chi connectivity index (χ0v) is 15.0. The van der Waals surface area contributed by atoms with Gasteiger partial charge in [0.05, 0.1) is 19.1 Å². The fourth-order valence-corrected chi connectivity index (χ4v) is 2.43. The first-order chi connectivity index (χ1) is 11.2. The number of nitrogens with zero attached hydrogens (tertiary/aromatic N) is 1. The van der Waals surface area contributed by atoms with Gasteiger partial charge in [-0.1, -0.05) is 39.5 Å². The van der Waals surface area contributed by atoms with Crippen molar-refractivity contribution < 1.29 is 14.7 Å². The second-order valence-electron chi connectivity index (χ2n) is 7.17. The van der Waals surface area contributed by atoms with E-state index in [-0.39, 0.29) is 36.3 Å². The Morgan fingerprint density at radius 1 is 1.29 bits per heavy atom. The summed E-state index contributed by atoms with van der Waals surface area (Å²) in [6.07, 6.45) is 2.20. The number of carbonyl (C=O) groups is 2. The van der Waals surface area contributed by atoms with Crippen LogP contribution in [-0.4, -0.2) is 41.5 Å². The van der Waals surface area contributed by atoms with Crippen LogP contribution in [0.3, 0.4) is 0 Å². The van der Waals surface area contributed by atoms with Gasteiger partial charge in [0.1, 0.15) is 0 Å². The average molecular weight is 332 g/mol. The SMILES string of the molecule is C=CC(=O)Nc1ccc(CC(=O)N(C)C(CO)CC(C)(C)C)cc1. The average Bonchev–Trinajstić information content (AvgIpc) is 2.52. The molecule has 0 saturated carbocycles. The summed E-state index contributed by atoms with van der Waals surface area (Å²) >= 11 is 0. The smallest absolute Gasteiger partial charge is 0.247 e. The Morgan fingerprint density at radius 3 is 2.33 bits per heavy atom. The highest BCUT2D eigenvalue weighted by molar-refractivity contribution is 5.98. The molecule has 0 heterocycles. The van der Waals surface area contributed by atoms with Gasteiger partial charge in [-0.05, 0) is 35.6 Å². The van der Waals surface area contributed by atoms with Crippen molar-refractivity contribution in [2.75, 3.05) is 19.0 Å². The van der Waals surface area contributed by atoms with Crippen LogP contribution in [-0.2, 0) is 16.0 Å². The molecule has 1 aromatic carbocycles. The Morgan fingerprint density at radius 2 is 1.88 bits per heavy atom. The molecule has 1 atom stereocenters. The van der Waals surface area contributed by atoms with Crippen molar-refractivity contribution in [3.8, 4) is 0 Å². The van der Waals surface area contributed by atoms with Gasteiger partial charge < -0.3 is 15.3 Å². The van der Waals surface area contributed by atoms with E-state index in [1.807, 2.05) is 12.1 Å².